The van der Waals surface area contributed by atoms with Gasteiger partial charge in [0, 0.05) is 18.8 Å². The summed E-state index contributed by atoms with van der Waals surface area (Å²) in [6.07, 6.45) is 4.85. The Morgan fingerprint density at radius 3 is 1.67 bits per heavy atom. The molecule has 2 rings (SSSR count). The number of phenols is 1. The summed E-state index contributed by atoms with van der Waals surface area (Å²) in [5.41, 5.74) is 2.81. The Morgan fingerprint density at radius 2 is 1.21 bits per heavy atom. The minimum absolute atomic E-state index is 0.234. The number of aromatic hydroxyl groups is 1. The van der Waals surface area contributed by atoms with Gasteiger partial charge in [-0.25, -0.2) is 0 Å². The van der Waals surface area contributed by atoms with E-state index in [2.05, 4.69) is 41.1 Å². The molecule has 0 aliphatic carbocycles. The molecule has 0 unspecified atom stereocenters. The molecule has 0 spiro atoms. The average molecular weight is 325 g/mol. The normalized spacial score (nSPS) is 11.1. The minimum Gasteiger partial charge on any atom is -0.508 e. The van der Waals surface area contributed by atoms with Crippen molar-refractivity contribution in [2.24, 2.45) is 10.2 Å². The second-order valence-corrected chi connectivity index (χ2v) is 5.93. The van der Waals surface area contributed by atoms with Crippen LogP contribution in [-0.2, 0) is 0 Å². The summed E-state index contributed by atoms with van der Waals surface area (Å²) in [6.45, 7) is 6.66. The monoisotopic (exact) mass is 325 g/mol. The largest absolute Gasteiger partial charge is 0.508 e. The highest BCUT2D eigenvalue weighted by molar-refractivity contribution is 5.53. The molecule has 128 valence electrons. The van der Waals surface area contributed by atoms with Crippen molar-refractivity contribution in [2.75, 3.05) is 18.0 Å². The molecule has 2 aromatic rings. The van der Waals surface area contributed by atoms with Crippen LogP contribution >= 0.6 is 0 Å². The summed E-state index contributed by atoms with van der Waals surface area (Å²) < 4.78 is 0. The molecule has 0 atom stereocenters. The summed E-state index contributed by atoms with van der Waals surface area (Å²) in [6, 6.07) is 14.9. The van der Waals surface area contributed by atoms with Crippen LogP contribution in [-0.4, -0.2) is 18.2 Å². The van der Waals surface area contributed by atoms with Gasteiger partial charge in [-0.3, -0.25) is 0 Å². The highest BCUT2D eigenvalue weighted by Gasteiger charge is 2.05. The maximum atomic E-state index is 9.27. The number of hydrogen-bond acceptors (Lipinski definition) is 4. The third kappa shape index (κ3) is 5.69. The van der Waals surface area contributed by atoms with Gasteiger partial charge >= 0.3 is 0 Å². The summed E-state index contributed by atoms with van der Waals surface area (Å²) in [4.78, 5) is 2.45. The zero-order valence-electron chi connectivity index (χ0n) is 14.7. The van der Waals surface area contributed by atoms with Crippen molar-refractivity contribution in [3.05, 3.63) is 48.5 Å². The second kappa shape index (κ2) is 9.71. The van der Waals surface area contributed by atoms with Crippen molar-refractivity contribution in [3.8, 4) is 5.75 Å². The molecule has 0 aliphatic heterocycles. The van der Waals surface area contributed by atoms with Crippen molar-refractivity contribution < 1.29 is 5.11 Å². The number of phenolic OH excluding ortho intramolecular Hbond substituents is 1. The highest BCUT2D eigenvalue weighted by Crippen LogP contribution is 2.23. The number of azo groups is 1. The number of unbranched alkanes of at least 4 members (excludes halogenated alkanes) is 2. The van der Waals surface area contributed by atoms with Crippen molar-refractivity contribution >= 4 is 17.1 Å². The van der Waals surface area contributed by atoms with Gasteiger partial charge in [-0.2, -0.15) is 10.2 Å². The van der Waals surface area contributed by atoms with Gasteiger partial charge in [0.2, 0.25) is 0 Å². The van der Waals surface area contributed by atoms with Crippen LogP contribution in [0.25, 0.3) is 0 Å². The molecular formula is C20H27N3O. The lowest BCUT2D eigenvalue weighted by molar-refractivity contribution is 0.475. The lowest BCUT2D eigenvalue weighted by Crippen LogP contribution is -2.25. The first-order valence-corrected chi connectivity index (χ1v) is 8.78. The molecule has 0 bridgehead atoms. The molecule has 0 aliphatic rings. The van der Waals surface area contributed by atoms with Crippen molar-refractivity contribution in [1.82, 2.24) is 0 Å². The Morgan fingerprint density at radius 1 is 0.750 bits per heavy atom. The molecule has 0 aromatic heterocycles. The average Bonchev–Trinajstić information content (AvgIpc) is 2.62. The van der Waals surface area contributed by atoms with Crippen LogP contribution in [0.1, 0.15) is 39.5 Å². The molecule has 0 saturated carbocycles. The molecule has 1 N–H and O–H groups in total. The van der Waals surface area contributed by atoms with Crippen LogP contribution in [0.2, 0.25) is 0 Å². The first kappa shape index (κ1) is 18.0. The van der Waals surface area contributed by atoms with Crippen molar-refractivity contribution in [3.63, 3.8) is 0 Å². The lowest BCUT2D eigenvalue weighted by Gasteiger charge is -2.24. The first-order chi connectivity index (χ1) is 11.7. The van der Waals surface area contributed by atoms with Gasteiger partial charge in [0.25, 0.3) is 0 Å². The van der Waals surface area contributed by atoms with Gasteiger partial charge in [0.1, 0.15) is 5.75 Å². The first-order valence-electron chi connectivity index (χ1n) is 8.78. The van der Waals surface area contributed by atoms with E-state index in [0.717, 1.165) is 24.5 Å². The summed E-state index contributed by atoms with van der Waals surface area (Å²) in [5, 5.41) is 17.7. The lowest BCUT2D eigenvalue weighted by atomic mass is 10.2. The Balaban J connectivity index is 2.03. The molecule has 0 fully saturated rings. The summed E-state index contributed by atoms with van der Waals surface area (Å²) in [7, 11) is 0. The Kier molecular flexibility index (Phi) is 7.27. The number of hydrogen-bond donors (Lipinski definition) is 1. The zero-order valence-corrected chi connectivity index (χ0v) is 14.7. The smallest absolute Gasteiger partial charge is 0.115 e. The summed E-state index contributed by atoms with van der Waals surface area (Å²) >= 11 is 0. The van der Waals surface area contributed by atoms with E-state index in [1.165, 1.54) is 31.4 Å². The molecule has 4 nitrogen and oxygen atoms in total. The maximum absolute atomic E-state index is 9.27. The maximum Gasteiger partial charge on any atom is 0.115 e. The molecule has 0 radical (unpaired) electrons. The van der Waals surface area contributed by atoms with Crippen LogP contribution in [0.4, 0.5) is 17.1 Å². The Hall–Kier alpha value is -2.36. The van der Waals surface area contributed by atoms with E-state index in [9.17, 15) is 5.11 Å². The van der Waals surface area contributed by atoms with Crippen LogP contribution < -0.4 is 4.90 Å². The van der Waals surface area contributed by atoms with Gasteiger partial charge in [0.15, 0.2) is 0 Å². The molecule has 0 saturated heterocycles. The van der Waals surface area contributed by atoms with E-state index in [-0.39, 0.29) is 5.75 Å². The van der Waals surface area contributed by atoms with E-state index in [1.807, 2.05) is 12.1 Å². The Bertz CT molecular complexity index is 612. The molecule has 0 amide bonds. The van der Waals surface area contributed by atoms with E-state index >= 15 is 0 Å². The van der Waals surface area contributed by atoms with Gasteiger partial charge in [-0.15, -0.1) is 0 Å². The number of rotatable bonds is 9. The van der Waals surface area contributed by atoms with Crippen LogP contribution in [0, 0.1) is 0 Å². The van der Waals surface area contributed by atoms with Crippen LogP contribution in [0.3, 0.4) is 0 Å². The SMILES string of the molecule is CCCCN(CCCC)c1ccc(/N=N/c2ccc(O)cc2)cc1. The fourth-order valence-electron chi connectivity index (χ4n) is 2.43. The summed E-state index contributed by atoms with van der Waals surface area (Å²) in [5.74, 6) is 0.234. The van der Waals surface area contributed by atoms with E-state index < -0.39 is 0 Å². The van der Waals surface area contributed by atoms with Gasteiger partial charge in [-0.05, 0) is 61.4 Å². The van der Waals surface area contributed by atoms with Crippen molar-refractivity contribution in [2.45, 2.75) is 39.5 Å². The molecule has 0 heterocycles. The number of nitrogens with zero attached hydrogens (tertiary/aromatic N) is 3. The fourth-order valence-corrected chi connectivity index (χ4v) is 2.43. The fraction of sp³-hybridized carbons (Fsp3) is 0.400. The number of anilines is 1. The standard InChI is InChI=1S/C20H27N3O/c1-3-5-15-23(16-6-4-2)19-11-7-17(8-12-19)21-22-18-9-13-20(24)14-10-18/h7-14,24H,3-6,15-16H2,1-2H3/b22-21+. The molecular weight excluding hydrogens is 298 g/mol. The van der Waals surface area contributed by atoms with E-state index in [4.69, 9.17) is 0 Å². The van der Waals surface area contributed by atoms with Gasteiger partial charge < -0.3 is 10.0 Å². The quantitative estimate of drug-likeness (QED) is 0.557. The molecule has 4 heteroatoms. The second-order valence-electron chi connectivity index (χ2n) is 5.93. The predicted molar refractivity (Wildman–Crippen MR) is 101 cm³/mol. The van der Waals surface area contributed by atoms with Crippen LogP contribution in [0.5, 0.6) is 5.75 Å². The third-order valence-corrected chi connectivity index (χ3v) is 3.91. The third-order valence-electron chi connectivity index (χ3n) is 3.91. The minimum atomic E-state index is 0.234. The van der Waals surface area contributed by atoms with Gasteiger partial charge in [0.05, 0.1) is 11.4 Å². The van der Waals surface area contributed by atoms with E-state index in [1.54, 1.807) is 24.3 Å². The van der Waals surface area contributed by atoms with Crippen molar-refractivity contribution in [1.29, 1.82) is 0 Å². The number of benzene rings is 2. The zero-order chi connectivity index (χ0) is 17.2. The molecule has 24 heavy (non-hydrogen) atoms. The molecule has 2 aromatic carbocycles. The van der Waals surface area contributed by atoms with Gasteiger partial charge in [-0.1, -0.05) is 26.7 Å². The highest BCUT2D eigenvalue weighted by atomic mass is 16.3. The predicted octanol–water partition coefficient (Wildman–Crippen LogP) is 6.21. The van der Waals surface area contributed by atoms with Crippen LogP contribution in [0.15, 0.2) is 58.8 Å². The topological polar surface area (TPSA) is 48.2 Å². The Labute approximate surface area is 144 Å². The van der Waals surface area contributed by atoms with E-state index in [0.29, 0.717) is 0 Å².